The normalized spacial score (nSPS) is 21.6. The van der Waals surface area contributed by atoms with Crippen molar-refractivity contribution in [1.82, 2.24) is 5.32 Å². The van der Waals surface area contributed by atoms with Gasteiger partial charge in [-0.1, -0.05) is 57.2 Å². The Morgan fingerprint density at radius 3 is 2.56 bits per heavy atom. The fraction of sp³-hybridized carbons (Fsp3) is 0.308. The molecule has 1 aliphatic heterocycles. The van der Waals surface area contributed by atoms with Gasteiger partial charge in [-0.2, -0.15) is 0 Å². The first-order chi connectivity index (χ1) is 15.2. The van der Waals surface area contributed by atoms with E-state index in [4.69, 9.17) is 0 Å². The van der Waals surface area contributed by atoms with Crippen LogP contribution in [0.3, 0.4) is 0 Å². The summed E-state index contributed by atoms with van der Waals surface area (Å²) < 4.78 is 15.9. The molecule has 2 aromatic rings. The number of fused-ring (bicyclic) bond motifs is 1. The van der Waals surface area contributed by atoms with Crippen LogP contribution in [0.2, 0.25) is 0 Å². The van der Waals surface area contributed by atoms with Gasteiger partial charge in [0.05, 0.1) is 6.04 Å². The van der Waals surface area contributed by atoms with E-state index in [1.54, 1.807) is 30.3 Å². The third kappa shape index (κ3) is 4.31. The van der Waals surface area contributed by atoms with Crippen molar-refractivity contribution in [3.05, 3.63) is 83.5 Å². The Morgan fingerprint density at radius 1 is 1.09 bits per heavy atom. The summed E-state index contributed by atoms with van der Waals surface area (Å²) in [7, 11) is 0. The molecule has 0 saturated carbocycles. The van der Waals surface area contributed by atoms with E-state index in [1.165, 1.54) is 23.8 Å². The molecule has 0 aromatic heterocycles. The summed E-state index contributed by atoms with van der Waals surface area (Å²) in [5.41, 5.74) is 1.67. The molecule has 2 atom stereocenters. The highest BCUT2D eigenvalue weighted by atomic mass is 19.1. The van der Waals surface area contributed by atoms with Crippen LogP contribution in [-0.2, 0) is 16.6 Å². The standard InChI is InChI=1S/C26H28FN3O2/c1-25(2,3)19-10-7-18(8-11-19)23(31)30-22-6-4-5-14-26(22,27)24(32)29-20-12-9-17-13-15-28-21(17)16-20/h4-12,14,16,22,28H,13,15H2,1-3H3,(H,29,32)(H,30,31). The van der Waals surface area contributed by atoms with E-state index < -0.39 is 23.5 Å². The molecular formula is C26H28FN3O2. The number of rotatable bonds is 4. The highest BCUT2D eigenvalue weighted by molar-refractivity contribution is 6.02. The number of alkyl halides is 1. The van der Waals surface area contributed by atoms with Crippen molar-refractivity contribution in [3.63, 3.8) is 0 Å². The Hall–Kier alpha value is -3.41. The number of carbonyl (C=O) groups excluding carboxylic acids is 2. The first kappa shape index (κ1) is 21.8. The summed E-state index contributed by atoms with van der Waals surface area (Å²) in [6.07, 6.45) is 6.70. The van der Waals surface area contributed by atoms with Crippen LogP contribution >= 0.6 is 0 Å². The van der Waals surface area contributed by atoms with Crippen molar-refractivity contribution in [2.75, 3.05) is 17.2 Å². The molecule has 2 aromatic carbocycles. The minimum atomic E-state index is -2.41. The van der Waals surface area contributed by atoms with Crippen molar-refractivity contribution >= 4 is 23.2 Å². The predicted molar refractivity (Wildman–Crippen MR) is 126 cm³/mol. The van der Waals surface area contributed by atoms with E-state index in [1.807, 2.05) is 18.2 Å². The van der Waals surface area contributed by atoms with E-state index in [-0.39, 0.29) is 5.41 Å². The highest BCUT2D eigenvalue weighted by Crippen LogP contribution is 2.29. The summed E-state index contributed by atoms with van der Waals surface area (Å²) in [5.74, 6) is -1.27. The maximum Gasteiger partial charge on any atom is 0.268 e. The second kappa shape index (κ2) is 8.26. The largest absolute Gasteiger partial charge is 0.384 e. The third-order valence-corrected chi connectivity index (χ3v) is 5.93. The molecular weight excluding hydrogens is 405 g/mol. The molecule has 0 spiro atoms. The predicted octanol–water partition coefficient (Wildman–Crippen LogP) is 4.52. The number of carbonyl (C=O) groups is 2. The number of benzene rings is 2. The van der Waals surface area contributed by atoms with Gasteiger partial charge < -0.3 is 16.0 Å². The van der Waals surface area contributed by atoms with Crippen LogP contribution in [0.4, 0.5) is 15.8 Å². The van der Waals surface area contributed by atoms with Gasteiger partial charge >= 0.3 is 0 Å². The Morgan fingerprint density at radius 2 is 1.84 bits per heavy atom. The Labute approximate surface area is 187 Å². The van der Waals surface area contributed by atoms with Crippen LogP contribution in [0.25, 0.3) is 0 Å². The van der Waals surface area contributed by atoms with Gasteiger partial charge in [0.1, 0.15) is 0 Å². The molecule has 2 unspecified atom stereocenters. The number of allylic oxidation sites excluding steroid dienone is 2. The molecule has 3 N–H and O–H groups in total. The lowest BCUT2D eigenvalue weighted by atomic mass is 9.86. The monoisotopic (exact) mass is 433 g/mol. The summed E-state index contributed by atoms with van der Waals surface area (Å²) in [5, 5.41) is 8.57. The molecule has 0 bridgehead atoms. The first-order valence-corrected chi connectivity index (χ1v) is 10.8. The third-order valence-electron chi connectivity index (χ3n) is 5.93. The zero-order chi connectivity index (χ0) is 22.9. The van der Waals surface area contributed by atoms with Gasteiger partial charge in [0.25, 0.3) is 11.8 Å². The van der Waals surface area contributed by atoms with Crippen LogP contribution in [0.5, 0.6) is 0 Å². The summed E-state index contributed by atoms with van der Waals surface area (Å²) >= 11 is 0. The van der Waals surface area contributed by atoms with Crippen LogP contribution in [0, 0.1) is 0 Å². The average Bonchev–Trinajstić information content (AvgIpc) is 3.22. The molecule has 0 saturated heterocycles. The smallest absolute Gasteiger partial charge is 0.268 e. The number of anilines is 2. The minimum absolute atomic E-state index is 0.0365. The molecule has 2 amide bonds. The van der Waals surface area contributed by atoms with Crippen LogP contribution in [0.1, 0.15) is 42.3 Å². The topological polar surface area (TPSA) is 70.2 Å². The van der Waals surface area contributed by atoms with Crippen LogP contribution < -0.4 is 16.0 Å². The second-order valence-corrected chi connectivity index (χ2v) is 9.29. The molecule has 6 heteroatoms. The molecule has 5 nitrogen and oxygen atoms in total. The minimum Gasteiger partial charge on any atom is -0.384 e. The van der Waals surface area contributed by atoms with Gasteiger partial charge in [0.15, 0.2) is 0 Å². The average molecular weight is 434 g/mol. The molecule has 32 heavy (non-hydrogen) atoms. The Kier molecular flexibility index (Phi) is 5.63. The fourth-order valence-corrected chi connectivity index (χ4v) is 3.93. The zero-order valence-electron chi connectivity index (χ0n) is 18.5. The van der Waals surface area contributed by atoms with Crippen molar-refractivity contribution in [2.24, 2.45) is 0 Å². The van der Waals surface area contributed by atoms with Gasteiger partial charge in [-0.3, -0.25) is 9.59 Å². The Bertz CT molecular complexity index is 1100. The van der Waals surface area contributed by atoms with Crippen molar-refractivity contribution in [1.29, 1.82) is 0 Å². The molecule has 0 fully saturated rings. The molecule has 4 rings (SSSR count). The second-order valence-electron chi connectivity index (χ2n) is 9.29. The number of hydrogen-bond donors (Lipinski definition) is 3. The number of halogens is 1. The number of nitrogens with one attached hydrogen (secondary N) is 3. The number of amides is 2. The maximum absolute atomic E-state index is 15.9. The van der Waals surface area contributed by atoms with E-state index >= 15 is 4.39 Å². The van der Waals surface area contributed by atoms with Crippen LogP contribution in [0.15, 0.2) is 66.8 Å². The Balaban J connectivity index is 1.49. The molecule has 2 aliphatic rings. The van der Waals surface area contributed by atoms with Crippen LogP contribution in [-0.4, -0.2) is 30.1 Å². The van der Waals surface area contributed by atoms with Crippen molar-refractivity contribution in [2.45, 2.75) is 44.3 Å². The van der Waals surface area contributed by atoms with E-state index in [0.29, 0.717) is 11.3 Å². The van der Waals surface area contributed by atoms with E-state index in [9.17, 15) is 9.59 Å². The van der Waals surface area contributed by atoms with Crippen molar-refractivity contribution < 1.29 is 14.0 Å². The molecule has 166 valence electrons. The maximum atomic E-state index is 15.9. The molecule has 0 radical (unpaired) electrons. The van der Waals surface area contributed by atoms with Gasteiger partial charge in [-0.15, -0.1) is 0 Å². The molecule has 1 heterocycles. The first-order valence-electron chi connectivity index (χ1n) is 10.8. The lowest BCUT2D eigenvalue weighted by Crippen LogP contribution is -2.55. The fourth-order valence-electron chi connectivity index (χ4n) is 3.93. The summed E-state index contributed by atoms with van der Waals surface area (Å²) in [6, 6.07) is 11.6. The lowest BCUT2D eigenvalue weighted by molar-refractivity contribution is -0.125. The van der Waals surface area contributed by atoms with Gasteiger partial charge in [0.2, 0.25) is 5.67 Å². The number of hydrogen-bond acceptors (Lipinski definition) is 3. The van der Waals surface area contributed by atoms with Gasteiger partial charge in [-0.05, 0) is 53.3 Å². The highest BCUT2D eigenvalue weighted by Gasteiger charge is 2.45. The summed E-state index contributed by atoms with van der Waals surface area (Å²) in [6.45, 7) is 7.12. The quantitative estimate of drug-likeness (QED) is 0.664. The van der Waals surface area contributed by atoms with Gasteiger partial charge in [0, 0.05) is 23.5 Å². The van der Waals surface area contributed by atoms with Gasteiger partial charge in [-0.25, -0.2) is 4.39 Å². The summed E-state index contributed by atoms with van der Waals surface area (Å²) in [4.78, 5) is 25.7. The zero-order valence-corrected chi connectivity index (χ0v) is 18.5. The van der Waals surface area contributed by atoms with E-state index in [0.717, 1.165) is 24.2 Å². The SMILES string of the molecule is CC(C)(C)c1ccc(C(=O)NC2C=CC=CC2(F)C(=O)Nc2ccc3c(c2)NCC3)cc1. The molecule has 1 aliphatic carbocycles. The van der Waals surface area contributed by atoms with E-state index in [2.05, 4.69) is 36.7 Å². The lowest BCUT2D eigenvalue weighted by Gasteiger charge is -2.30. The van der Waals surface area contributed by atoms with Crippen molar-refractivity contribution in [3.8, 4) is 0 Å².